The molecule has 0 bridgehead atoms. The Morgan fingerprint density at radius 3 is 2.60 bits per heavy atom. The smallest absolute Gasteiger partial charge is 0.240 e. The van der Waals surface area contributed by atoms with Crippen molar-refractivity contribution >= 4 is 11.6 Å². The van der Waals surface area contributed by atoms with Crippen molar-refractivity contribution in [1.82, 2.24) is 5.43 Å². The molecular formula is C11H15N3O. The zero-order valence-electron chi connectivity index (χ0n) is 8.57. The monoisotopic (exact) mass is 205 g/mol. The highest BCUT2D eigenvalue weighted by atomic mass is 16.2. The second-order valence-electron chi connectivity index (χ2n) is 3.64. The van der Waals surface area contributed by atoms with Gasteiger partial charge in [-0.1, -0.05) is 12.1 Å². The molecule has 1 fully saturated rings. The van der Waals surface area contributed by atoms with Gasteiger partial charge in [-0.05, 0) is 30.7 Å². The maximum atomic E-state index is 11.0. The van der Waals surface area contributed by atoms with Gasteiger partial charge >= 0.3 is 0 Å². The lowest BCUT2D eigenvalue weighted by Gasteiger charge is -2.17. The van der Waals surface area contributed by atoms with E-state index in [1.807, 2.05) is 29.3 Å². The average molecular weight is 205 g/mol. The van der Waals surface area contributed by atoms with Crippen LogP contribution in [0.3, 0.4) is 0 Å². The van der Waals surface area contributed by atoms with Crippen molar-refractivity contribution in [2.45, 2.75) is 12.8 Å². The van der Waals surface area contributed by atoms with Gasteiger partial charge in [-0.3, -0.25) is 15.2 Å². The van der Waals surface area contributed by atoms with E-state index in [4.69, 9.17) is 5.73 Å². The van der Waals surface area contributed by atoms with E-state index in [-0.39, 0.29) is 5.91 Å². The second-order valence-corrected chi connectivity index (χ2v) is 3.64. The SMILES string of the molecule is NCCc1ccc(N2CCC(=O)N2)cc1. The summed E-state index contributed by atoms with van der Waals surface area (Å²) < 4.78 is 0. The van der Waals surface area contributed by atoms with Crippen molar-refractivity contribution in [2.24, 2.45) is 5.73 Å². The fourth-order valence-corrected chi connectivity index (χ4v) is 1.68. The molecule has 1 amide bonds. The summed E-state index contributed by atoms with van der Waals surface area (Å²) in [5.74, 6) is 0.0843. The van der Waals surface area contributed by atoms with Crippen molar-refractivity contribution in [3.63, 3.8) is 0 Å². The molecule has 1 aliphatic rings. The molecule has 80 valence electrons. The Balaban J connectivity index is 2.06. The fraction of sp³-hybridized carbons (Fsp3) is 0.364. The van der Waals surface area contributed by atoms with Gasteiger partial charge < -0.3 is 5.73 Å². The fourth-order valence-electron chi connectivity index (χ4n) is 1.68. The highest BCUT2D eigenvalue weighted by molar-refractivity contribution is 5.81. The van der Waals surface area contributed by atoms with Gasteiger partial charge in [0.05, 0.1) is 5.69 Å². The quantitative estimate of drug-likeness (QED) is 0.752. The van der Waals surface area contributed by atoms with E-state index in [1.54, 1.807) is 0 Å². The van der Waals surface area contributed by atoms with Crippen LogP contribution in [-0.4, -0.2) is 19.0 Å². The zero-order chi connectivity index (χ0) is 10.7. The number of hydrogen-bond donors (Lipinski definition) is 2. The number of hydrogen-bond acceptors (Lipinski definition) is 3. The van der Waals surface area contributed by atoms with Crippen LogP contribution in [0.4, 0.5) is 5.69 Å². The Morgan fingerprint density at radius 1 is 1.33 bits per heavy atom. The van der Waals surface area contributed by atoms with Gasteiger partial charge in [0.2, 0.25) is 5.91 Å². The third kappa shape index (κ3) is 2.27. The molecule has 0 saturated carbocycles. The number of rotatable bonds is 3. The molecule has 0 unspecified atom stereocenters. The first-order valence-corrected chi connectivity index (χ1v) is 5.15. The van der Waals surface area contributed by atoms with Crippen LogP contribution in [0, 0.1) is 0 Å². The number of benzene rings is 1. The minimum atomic E-state index is 0.0843. The van der Waals surface area contributed by atoms with Gasteiger partial charge in [0.25, 0.3) is 0 Å². The van der Waals surface area contributed by atoms with Gasteiger partial charge in [0.1, 0.15) is 0 Å². The lowest BCUT2D eigenvalue weighted by molar-refractivity contribution is -0.119. The van der Waals surface area contributed by atoms with Crippen molar-refractivity contribution < 1.29 is 4.79 Å². The van der Waals surface area contributed by atoms with E-state index in [1.165, 1.54) is 5.56 Å². The summed E-state index contributed by atoms with van der Waals surface area (Å²) in [6.45, 7) is 1.41. The minimum Gasteiger partial charge on any atom is -0.330 e. The number of nitrogens with one attached hydrogen (secondary N) is 1. The Hall–Kier alpha value is -1.55. The van der Waals surface area contributed by atoms with E-state index < -0.39 is 0 Å². The summed E-state index contributed by atoms with van der Waals surface area (Å²) in [7, 11) is 0. The Bertz CT molecular complexity index is 347. The zero-order valence-corrected chi connectivity index (χ0v) is 8.57. The Morgan fingerprint density at radius 2 is 2.07 bits per heavy atom. The molecule has 1 heterocycles. The van der Waals surface area contributed by atoms with Crippen molar-refractivity contribution in [3.05, 3.63) is 29.8 Å². The lowest BCUT2D eigenvalue weighted by atomic mass is 10.1. The number of anilines is 1. The number of hydrazine groups is 1. The molecule has 0 spiro atoms. The summed E-state index contributed by atoms with van der Waals surface area (Å²) in [5, 5.41) is 1.87. The first kappa shape index (κ1) is 9.98. The molecule has 0 aliphatic carbocycles. The molecular weight excluding hydrogens is 190 g/mol. The second kappa shape index (κ2) is 4.31. The van der Waals surface area contributed by atoms with Crippen LogP contribution in [0.1, 0.15) is 12.0 Å². The van der Waals surface area contributed by atoms with E-state index in [2.05, 4.69) is 5.43 Å². The van der Waals surface area contributed by atoms with Gasteiger partial charge in [0.15, 0.2) is 0 Å². The minimum absolute atomic E-state index is 0.0843. The lowest BCUT2D eigenvalue weighted by Crippen LogP contribution is -2.32. The number of carbonyl (C=O) groups is 1. The molecule has 0 atom stereocenters. The van der Waals surface area contributed by atoms with Gasteiger partial charge in [-0.15, -0.1) is 0 Å². The number of amides is 1. The maximum Gasteiger partial charge on any atom is 0.240 e. The van der Waals surface area contributed by atoms with E-state index in [0.717, 1.165) is 18.7 Å². The van der Waals surface area contributed by atoms with Crippen LogP contribution in [0.5, 0.6) is 0 Å². The van der Waals surface area contributed by atoms with Crippen LogP contribution in [-0.2, 0) is 11.2 Å². The van der Waals surface area contributed by atoms with Crippen LogP contribution in [0.25, 0.3) is 0 Å². The van der Waals surface area contributed by atoms with Gasteiger partial charge in [0, 0.05) is 13.0 Å². The molecule has 2 rings (SSSR count). The highest BCUT2D eigenvalue weighted by Gasteiger charge is 2.17. The first-order valence-electron chi connectivity index (χ1n) is 5.15. The number of nitrogens with zero attached hydrogens (tertiary/aromatic N) is 1. The Labute approximate surface area is 89.0 Å². The topological polar surface area (TPSA) is 58.4 Å². The van der Waals surface area contributed by atoms with E-state index in [0.29, 0.717) is 13.0 Å². The summed E-state index contributed by atoms with van der Waals surface area (Å²) >= 11 is 0. The molecule has 0 radical (unpaired) electrons. The number of nitrogens with two attached hydrogens (primary N) is 1. The molecule has 1 aliphatic heterocycles. The van der Waals surface area contributed by atoms with Crippen molar-refractivity contribution in [2.75, 3.05) is 18.1 Å². The average Bonchev–Trinajstić information content (AvgIpc) is 2.67. The van der Waals surface area contributed by atoms with Crippen LogP contribution in [0.2, 0.25) is 0 Å². The highest BCUT2D eigenvalue weighted by Crippen LogP contribution is 2.16. The summed E-state index contributed by atoms with van der Waals surface area (Å²) in [4.78, 5) is 11.0. The van der Waals surface area contributed by atoms with Crippen LogP contribution >= 0.6 is 0 Å². The number of carbonyl (C=O) groups excluding carboxylic acids is 1. The van der Waals surface area contributed by atoms with Crippen molar-refractivity contribution in [3.8, 4) is 0 Å². The van der Waals surface area contributed by atoms with Crippen LogP contribution < -0.4 is 16.2 Å². The van der Waals surface area contributed by atoms with Crippen molar-refractivity contribution in [1.29, 1.82) is 0 Å². The third-order valence-corrected chi connectivity index (χ3v) is 2.50. The summed E-state index contributed by atoms with van der Waals surface area (Å²) in [6.07, 6.45) is 1.47. The standard InChI is InChI=1S/C11H15N3O/c12-7-5-9-1-3-10(4-2-9)14-8-6-11(15)13-14/h1-4H,5-8,12H2,(H,13,15). The normalized spacial score (nSPS) is 15.5. The molecule has 3 N–H and O–H groups in total. The summed E-state index contributed by atoms with van der Waals surface area (Å²) in [5.41, 5.74) is 10.5. The predicted molar refractivity (Wildman–Crippen MR) is 59.3 cm³/mol. The molecule has 1 aromatic carbocycles. The third-order valence-electron chi connectivity index (χ3n) is 2.50. The molecule has 1 aromatic rings. The van der Waals surface area contributed by atoms with Crippen LogP contribution in [0.15, 0.2) is 24.3 Å². The molecule has 4 nitrogen and oxygen atoms in total. The van der Waals surface area contributed by atoms with Gasteiger partial charge in [-0.2, -0.15) is 0 Å². The molecule has 1 saturated heterocycles. The predicted octanol–water partition coefficient (Wildman–Crippen LogP) is 0.429. The summed E-state index contributed by atoms with van der Waals surface area (Å²) in [6, 6.07) is 8.12. The van der Waals surface area contributed by atoms with E-state index in [9.17, 15) is 4.79 Å². The first-order chi connectivity index (χ1) is 7.29. The molecule has 4 heteroatoms. The largest absolute Gasteiger partial charge is 0.330 e. The molecule has 15 heavy (non-hydrogen) atoms. The van der Waals surface area contributed by atoms with Gasteiger partial charge in [-0.25, -0.2) is 0 Å². The maximum absolute atomic E-state index is 11.0. The molecule has 0 aromatic heterocycles. The van der Waals surface area contributed by atoms with E-state index >= 15 is 0 Å². The Kier molecular flexibility index (Phi) is 2.87.